The minimum Gasteiger partial charge on any atom is -0.407 e. The molecule has 1 nitrogen and oxygen atoms in total. The van der Waals surface area contributed by atoms with E-state index in [0.29, 0.717) is 0 Å². The van der Waals surface area contributed by atoms with Gasteiger partial charge < -0.3 is 4.43 Å². The zero-order valence-electron chi connectivity index (χ0n) is 19.5. The quantitative estimate of drug-likeness (QED) is 0.134. The van der Waals surface area contributed by atoms with Crippen LogP contribution in [0.2, 0.25) is 5.04 Å². The van der Waals surface area contributed by atoms with E-state index in [9.17, 15) is 0 Å². The van der Waals surface area contributed by atoms with Crippen LogP contribution in [0.3, 0.4) is 0 Å². The van der Waals surface area contributed by atoms with E-state index >= 15 is 0 Å². The lowest BCUT2D eigenvalue weighted by atomic mass is 10.2. The summed E-state index contributed by atoms with van der Waals surface area (Å²) in [5.74, 6) is 0.753. The Morgan fingerprint density at radius 3 is 1.61 bits per heavy atom. The SMILES string of the molecule is CC(C)(C)[Si](OCC/C=C/CCC/C=C\CCCCl)(c1ccccc1)c1ccccc1. The lowest BCUT2D eigenvalue weighted by molar-refractivity contribution is 0.304. The molecule has 0 spiro atoms. The normalized spacial score (nSPS) is 12.8. The van der Waals surface area contributed by atoms with Crippen LogP contribution in [0, 0.1) is 0 Å². The molecule has 0 aliphatic rings. The summed E-state index contributed by atoms with van der Waals surface area (Å²) in [6, 6.07) is 21.7. The molecule has 0 radical (unpaired) electrons. The Morgan fingerprint density at radius 2 is 1.16 bits per heavy atom. The van der Waals surface area contributed by atoms with E-state index in [-0.39, 0.29) is 5.04 Å². The first kappa shape index (κ1) is 25.6. The number of benzene rings is 2. The number of alkyl halides is 1. The molecule has 0 atom stereocenters. The molecule has 0 N–H and O–H groups in total. The molecule has 0 heterocycles. The summed E-state index contributed by atoms with van der Waals surface area (Å²) >= 11 is 5.70. The van der Waals surface area contributed by atoms with Gasteiger partial charge in [0.25, 0.3) is 8.32 Å². The van der Waals surface area contributed by atoms with Gasteiger partial charge >= 0.3 is 0 Å². The third-order valence-corrected chi connectivity index (χ3v) is 10.9. The maximum atomic E-state index is 6.91. The van der Waals surface area contributed by atoms with Crippen LogP contribution in [-0.2, 0) is 4.43 Å². The standard InChI is InChI=1S/C28H39ClOSi/c1-28(2,3)31(26-20-14-12-15-21-26,27-22-16-13-17-23-27)30-25-19-11-9-7-5-4-6-8-10-18-24-29/h6,8-9,11-17,20-23H,4-5,7,10,18-19,24-25H2,1-3H3/b8-6-,11-9+. The van der Waals surface area contributed by atoms with E-state index in [1.807, 2.05) is 0 Å². The summed E-state index contributed by atoms with van der Waals surface area (Å²) in [6.45, 7) is 7.74. The van der Waals surface area contributed by atoms with Crippen molar-refractivity contribution >= 4 is 30.3 Å². The van der Waals surface area contributed by atoms with Gasteiger partial charge in [-0.15, -0.1) is 11.6 Å². The molecule has 3 heteroatoms. The molecule has 0 aliphatic heterocycles. The molecule has 0 saturated carbocycles. The van der Waals surface area contributed by atoms with Gasteiger partial charge in [-0.2, -0.15) is 0 Å². The zero-order chi connectivity index (χ0) is 22.4. The molecule has 31 heavy (non-hydrogen) atoms. The van der Waals surface area contributed by atoms with Gasteiger partial charge in [0.1, 0.15) is 0 Å². The van der Waals surface area contributed by atoms with E-state index in [2.05, 4.69) is 106 Å². The smallest absolute Gasteiger partial charge is 0.261 e. The Bertz CT molecular complexity index is 738. The van der Waals surface area contributed by atoms with Crippen molar-refractivity contribution in [1.82, 2.24) is 0 Å². The molecule has 0 amide bonds. The van der Waals surface area contributed by atoms with E-state index in [1.54, 1.807) is 0 Å². The lowest BCUT2D eigenvalue weighted by Crippen LogP contribution is -2.66. The number of unbranched alkanes of at least 4 members (excludes halogenated alkanes) is 3. The van der Waals surface area contributed by atoms with Gasteiger partial charge in [-0.3, -0.25) is 0 Å². The molecule has 0 fully saturated rings. The van der Waals surface area contributed by atoms with Crippen LogP contribution in [0.5, 0.6) is 0 Å². The predicted octanol–water partition coefficient (Wildman–Crippen LogP) is 7.25. The number of allylic oxidation sites excluding steroid dienone is 3. The highest BCUT2D eigenvalue weighted by Gasteiger charge is 2.49. The summed E-state index contributed by atoms with van der Waals surface area (Å²) in [7, 11) is -2.40. The van der Waals surface area contributed by atoms with Gasteiger partial charge in [-0.1, -0.05) is 106 Å². The highest BCUT2D eigenvalue weighted by Crippen LogP contribution is 2.36. The molecule has 0 saturated heterocycles. The van der Waals surface area contributed by atoms with E-state index in [0.717, 1.165) is 44.6 Å². The first-order chi connectivity index (χ1) is 15.0. The monoisotopic (exact) mass is 454 g/mol. The molecule has 0 aromatic heterocycles. The lowest BCUT2D eigenvalue weighted by Gasteiger charge is -2.43. The second kappa shape index (κ2) is 13.7. The van der Waals surface area contributed by atoms with E-state index in [1.165, 1.54) is 16.8 Å². The number of halogens is 1. The van der Waals surface area contributed by atoms with Crippen LogP contribution in [0.1, 0.15) is 59.3 Å². The molecule has 2 aromatic rings. The van der Waals surface area contributed by atoms with Crippen molar-refractivity contribution in [3.63, 3.8) is 0 Å². The van der Waals surface area contributed by atoms with Crippen LogP contribution in [0.4, 0.5) is 0 Å². The number of hydrogen-bond acceptors (Lipinski definition) is 1. The minimum atomic E-state index is -2.40. The summed E-state index contributed by atoms with van der Waals surface area (Å²) in [4.78, 5) is 0. The maximum absolute atomic E-state index is 6.91. The van der Waals surface area contributed by atoms with E-state index in [4.69, 9.17) is 16.0 Å². The number of hydrogen-bond donors (Lipinski definition) is 0. The Hall–Kier alpha value is -1.61. The zero-order valence-corrected chi connectivity index (χ0v) is 21.3. The summed E-state index contributed by atoms with van der Waals surface area (Å²) < 4.78 is 6.91. The topological polar surface area (TPSA) is 9.23 Å². The Kier molecular flexibility index (Phi) is 11.4. The predicted molar refractivity (Wildman–Crippen MR) is 140 cm³/mol. The van der Waals surface area contributed by atoms with Gasteiger partial charge in [0.2, 0.25) is 0 Å². The second-order valence-corrected chi connectivity index (χ2v) is 13.7. The third-order valence-electron chi connectivity index (χ3n) is 5.60. The highest BCUT2D eigenvalue weighted by atomic mass is 35.5. The largest absolute Gasteiger partial charge is 0.407 e. The molecule has 0 aliphatic carbocycles. The molecular weight excluding hydrogens is 416 g/mol. The first-order valence-electron chi connectivity index (χ1n) is 11.6. The molecule has 168 valence electrons. The van der Waals surface area contributed by atoms with Crippen molar-refractivity contribution in [1.29, 1.82) is 0 Å². The molecule has 2 rings (SSSR count). The van der Waals surface area contributed by atoms with Crippen molar-refractivity contribution in [2.75, 3.05) is 12.5 Å². The minimum absolute atomic E-state index is 0.0369. The molecular formula is C28H39ClOSi. The second-order valence-electron chi connectivity index (χ2n) is 9.01. The fourth-order valence-corrected chi connectivity index (χ4v) is 8.80. The van der Waals surface area contributed by atoms with Gasteiger partial charge in [0, 0.05) is 12.5 Å². The van der Waals surface area contributed by atoms with Gasteiger partial charge in [-0.05, 0) is 53.9 Å². The van der Waals surface area contributed by atoms with Crippen LogP contribution < -0.4 is 10.4 Å². The first-order valence-corrected chi connectivity index (χ1v) is 14.1. The Labute approximate surface area is 196 Å². The average Bonchev–Trinajstić information content (AvgIpc) is 2.77. The van der Waals surface area contributed by atoms with Crippen LogP contribution in [-0.4, -0.2) is 20.8 Å². The maximum Gasteiger partial charge on any atom is 0.261 e. The Balaban J connectivity index is 1.98. The molecule has 0 bridgehead atoms. The van der Waals surface area contributed by atoms with Gasteiger partial charge in [0.05, 0.1) is 0 Å². The average molecular weight is 455 g/mol. The number of rotatable bonds is 13. The molecule has 2 aromatic carbocycles. The third kappa shape index (κ3) is 7.79. The molecule has 0 unspecified atom stereocenters. The van der Waals surface area contributed by atoms with Crippen LogP contribution >= 0.6 is 11.6 Å². The van der Waals surface area contributed by atoms with Gasteiger partial charge in [-0.25, -0.2) is 0 Å². The van der Waals surface area contributed by atoms with Gasteiger partial charge in [0.15, 0.2) is 0 Å². The van der Waals surface area contributed by atoms with Crippen molar-refractivity contribution in [3.05, 3.63) is 85.0 Å². The van der Waals surface area contributed by atoms with E-state index < -0.39 is 8.32 Å². The van der Waals surface area contributed by atoms with Crippen LogP contribution in [0.25, 0.3) is 0 Å². The fourth-order valence-electron chi connectivity index (χ4n) is 4.06. The Morgan fingerprint density at radius 1 is 0.710 bits per heavy atom. The van der Waals surface area contributed by atoms with Crippen molar-refractivity contribution in [2.45, 2.75) is 64.3 Å². The highest BCUT2D eigenvalue weighted by molar-refractivity contribution is 6.99. The van der Waals surface area contributed by atoms with Crippen molar-refractivity contribution in [3.8, 4) is 0 Å². The van der Waals surface area contributed by atoms with Crippen molar-refractivity contribution < 1.29 is 4.43 Å². The fraction of sp³-hybridized carbons (Fsp3) is 0.429. The summed E-state index contributed by atoms with van der Waals surface area (Å²) in [6.07, 6.45) is 15.7. The summed E-state index contributed by atoms with van der Waals surface area (Å²) in [5.41, 5.74) is 0. The van der Waals surface area contributed by atoms with Crippen molar-refractivity contribution in [2.24, 2.45) is 0 Å². The summed E-state index contributed by atoms with van der Waals surface area (Å²) in [5, 5.41) is 2.73. The van der Waals surface area contributed by atoms with Crippen LogP contribution in [0.15, 0.2) is 85.0 Å².